The SMILES string of the molecule is CCCCNCCC[Si](C)(C)O[Si](C)(C)C(C)CNCCCC. The molecule has 0 aromatic rings. The third-order valence-electron chi connectivity index (χ3n) is 4.72. The second-order valence-corrected chi connectivity index (χ2v) is 17.2. The van der Waals surface area contributed by atoms with E-state index in [9.17, 15) is 0 Å². The molecule has 0 rings (SSSR count). The van der Waals surface area contributed by atoms with E-state index in [2.05, 4.69) is 57.6 Å². The van der Waals surface area contributed by atoms with E-state index in [-0.39, 0.29) is 0 Å². The molecule has 0 aromatic heterocycles. The van der Waals surface area contributed by atoms with E-state index in [0.29, 0.717) is 5.54 Å². The van der Waals surface area contributed by atoms with E-state index < -0.39 is 16.6 Å². The summed E-state index contributed by atoms with van der Waals surface area (Å²) in [6.45, 7) is 21.1. The van der Waals surface area contributed by atoms with Gasteiger partial charge >= 0.3 is 0 Å². The second-order valence-electron chi connectivity index (χ2n) is 8.13. The van der Waals surface area contributed by atoms with Gasteiger partial charge in [0.25, 0.3) is 0 Å². The molecule has 0 bridgehead atoms. The van der Waals surface area contributed by atoms with Gasteiger partial charge in [0.2, 0.25) is 0 Å². The van der Waals surface area contributed by atoms with Gasteiger partial charge in [-0.2, -0.15) is 0 Å². The first-order valence-corrected chi connectivity index (χ1v) is 16.0. The lowest BCUT2D eigenvalue weighted by atomic mass is 10.3. The average Bonchev–Trinajstić information content (AvgIpc) is 2.46. The molecule has 0 spiro atoms. The van der Waals surface area contributed by atoms with Crippen LogP contribution in [0.25, 0.3) is 0 Å². The van der Waals surface area contributed by atoms with Crippen LogP contribution in [0.1, 0.15) is 52.9 Å². The molecule has 23 heavy (non-hydrogen) atoms. The van der Waals surface area contributed by atoms with E-state index in [1.807, 2.05) is 0 Å². The van der Waals surface area contributed by atoms with Crippen molar-refractivity contribution in [3.8, 4) is 0 Å². The molecule has 0 aliphatic rings. The van der Waals surface area contributed by atoms with Crippen molar-refractivity contribution in [2.24, 2.45) is 0 Å². The van der Waals surface area contributed by atoms with E-state index in [0.717, 1.165) is 19.6 Å². The van der Waals surface area contributed by atoms with Crippen molar-refractivity contribution in [3.63, 3.8) is 0 Å². The normalized spacial score (nSPS) is 14.2. The Morgan fingerprint density at radius 2 is 1.35 bits per heavy atom. The van der Waals surface area contributed by atoms with Gasteiger partial charge in [-0.25, -0.2) is 0 Å². The number of unbranched alkanes of at least 4 members (excludes halogenated alkanes) is 2. The summed E-state index contributed by atoms with van der Waals surface area (Å²) in [7, 11) is -3.14. The maximum Gasteiger partial charge on any atom is 0.177 e. The minimum absolute atomic E-state index is 0.675. The fourth-order valence-corrected chi connectivity index (χ4v) is 11.4. The van der Waals surface area contributed by atoms with Gasteiger partial charge in [0.1, 0.15) is 0 Å². The Labute approximate surface area is 148 Å². The largest absolute Gasteiger partial charge is 0.455 e. The predicted molar refractivity (Wildman–Crippen MR) is 110 cm³/mol. The molecule has 0 aliphatic carbocycles. The molecule has 0 fully saturated rings. The van der Waals surface area contributed by atoms with Gasteiger partial charge in [-0.15, -0.1) is 0 Å². The Morgan fingerprint density at radius 3 is 1.91 bits per heavy atom. The van der Waals surface area contributed by atoms with Crippen LogP contribution in [0.3, 0.4) is 0 Å². The summed E-state index contributed by atoms with van der Waals surface area (Å²) in [6.07, 6.45) is 6.38. The molecule has 0 amide bonds. The zero-order valence-corrected chi connectivity index (χ0v) is 19.1. The molecule has 0 saturated carbocycles. The summed E-state index contributed by atoms with van der Waals surface area (Å²) in [5.41, 5.74) is 0.675. The molecule has 0 heterocycles. The first kappa shape index (κ1) is 23.3. The number of rotatable bonds is 15. The maximum absolute atomic E-state index is 6.78. The van der Waals surface area contributed by atoms with Gasteiger partial charge in [-0.3, -0.25) is 0 Å². The van der Waals surface area contributed by atoms with Gasteiger partial charge in [-0.05, 0) is 83.2 Å². The summed E-state index contributed by atoms with van der Waals surface area (Å²) < 4.78 is 6.78. The zero-order valence-electron chi connectivity index (χ0n) is 17.1. The third kappa shape index (κ3) is 12.3. The van der Waals surface area contributed by atoms with Gasteiger partial charge in [0.05, 0.1) is 0 Å². The van der Waals surface area contributed by atoms with Crippen LogP contribution in [0.15, 0.2) is 0 Å². The third-order valence-corrected chi connectivity index (χ3v) is 13.2. The highest BCUT2D eigenvalue weighted by Crippen LogP contribution is 2.28. The monoisotopic (exact) mass is 360 g/mol. The molecular formula is C18H44N2OSi2. The molecule has 0 radical (unpaired) electrons. The molecule has 0 saturated heterocycles. The standard InChI is InChI=1S/C18H44N2OSi2/c1-8-10-13-19-15-12-16-22(4,5)21-23(6,7)18(3)17-20-14-11-9-2/h18-20H,8-17H2,1-7H3. The van der Waals surface area contributed by atoms with Crippen LogP contribution in [0.5, 0.6) is 0 Å². The van der Waals surface area contributed by atoms with E-state index in [1.165, 1.54) is 44.7 Å². The summed E-state index contributed by atoms with van der Waals surface area (Å²) in [6, 6.07) is 1.28. The first-order chi connectivity index (χ1) is 10.7. The van der Waals surface area contributed by atoms with Crippen molar-refractivity contribution in [2.75, 3.05) is 26.2 Å². The van der Waals surface area contributed by atoms with Crippen molar-refractivity contribution in [3.05, 3.63) is 0 Å². The highest BCUT2D eigenvalue weighted by Gasteiger charge is 2.36. The van der Waals surface area contributed by atoms with Crippen molar-refractivity contribution in [2.45, 2.75) is 90.6 Å². The van der Waals surface area contributed by atoms with Gasteiger partial charge < -0.3 is 14.7 Å². The average molecular weight is 361 g/mol. The summed E-state index contributed by atoms with van der Waals surface area (Å²) in [5.74, 6) is 0. The van der Waals surface area contributed by atoms with E-state index in [1.54, 1.807) is 0 Å². The zero-order chi connectivity index (χ0) is 17.8. The summed E-state index contributed by atoms with van der Waals surface area (Å²) in [5, 5.41) is 7.16. The van der Waals surface area contributed by atoms with Gasteiger partial charge in [0, 0.05) is 0 Å². The lowest BCUT2D eigenvalue weighted by molar-refractivity contribution is 0.500. The fraction of sp³-hybridized carbons (Fsp3) is 1.00. The smallest absolute Gasteiger partial charge is 0.177 e. The predicted octanol–water partition coefficient (Wildman–Crippen LogP) is 4.97. The molecule has 5 heteroatoms. The van der Waals surface area contributed by atoms with Crippen LogP contribution in [-0.2, 0) is 4.12 Å². The molecule has 140 valence electrons. The van der Waals surface area contributed by atoms with Gasteiger partial charge in [-0.1, -0.05) is 33.6 Å². The van der Waals surface area contributed by atoms with Crippen molar-refractivity contribution in [1.29, 1.82) is 0 Å². The lowest BCUT2D eigenvalue weighted by Crippen LogP contribution is -2.49. The highest BCUT2D eigenvalue weighted by molar-refractivity contribution is 6.85. The van der Waals surface area contributed by atoms with Crippen molar-refractivity contribution < 1.29 is 4.12 Å². The van der Waals surface area contributed by atoms with Gasteiger partial charge in [0.15, 0.2) is 16.6 Å². The maximum atomic E-state index is 6.78. The number of hydrogen-bond donors (Lipinski definition) is 2. The van der Waals surface area contributed by atoms with Crippen LogP contribution in [-0.4, -0.2) is 42.8 Å². The fourth-order valence-electron chi connectivity index (χ4n) is 2.80. The Bertz CT molecular complexity index is 286. The molecule has 2 N–H and O–H groups in total. The first-order valence-electron chi connectivity index (χ1n) is 9.86. The summed E-state index contributed by atoms with van der Waals surface area (Å²) in [4.78, 5) is 0. The molecule has 0 aliphatic heterocycles. The minimum atomic E-state index is -1.60. The lowest BCUT2D eigenvalue weighted by Gasteiger charge is -2.38. The minimum Gasteiger partial charge on any atom is -0.455 e. The highest BCUT2D eigenvalue weighted by atomic mass is 28.4. The Hall–Kier alpha value is 0.314. The van der Waals surface area contributed by atoms with Crippen molar-refractivity contribution >= 4 is 16.6 Å². The van der Waals surface area contributed by atoms with E-state index >= 15 is 0 Å². The molecule has 3 nitrogen and oxygen atoms in total. The Morgan fingerprint density at radius 1 is 0.826 bits per heavy atom. The second kappa shape index (κ2) is 12.6. The molecule has 0 aromatic carbocycles. The topological polar surface area (TPSA) is 33.3 Å². The van der Waals surface area contributed by atoms with Crippen LogP contribution in [0.2, 0.25) is 37.8 Å². The Balaban J connectivity index is 4.07. The summed E-state index contributed by atoms with van der Waals surface area (Å²) >= 11 is 0. The van der Waals surface area contributed by atoms with Crippen LogP contribution in [0.4, 0.5) is 0 Å². The van der Waals surface area contributed by atoms with Crippen LogP contribution < -0.4 is 10.6 Å². The molecule has 1 unspecified atom stereocenters. The van der Waals surface area contributed by atoms with Crippen LogP contribution >= 0.6 is 0 Å². The molecule has 1 atom stereocenters. The van der Waals surface area contributed by atoms with Crippen molar-refractivity contribution in [1.82, 2.24) is 10.6 Å². The Kier molecular flexibility index (Phi) is 12.8. The van der Waals surface area contributed by atoms with Crippen LogP contribution in [0, 0.1) is 0 Å². The quantitative estimate of drug-likeness (QED) is 0.319. The molecular weight excluding hydrogens is 316 g/mol. The van der Waals surface area contributed by atoms with E-state index in [4.69, 9.17) is 4.12 Å². The number of nitrogens with one attached hydrogen (secondary N) is 2. The number of hydrogen-bond acceptors (Lipinski definition) is 3.